The number of benzene rings is 1. The molecule has 0 aliphatic heterocycles. The molecule has 1 heterocycles. The van der Waals surface area contributed by atoms with Crippen LogP contribution in [0.1, 0.15) is 11.4 Å². The fraction of sp³-hybridized carbons (Fsp3) is 0.167. The molecule has 0 unspecified atom stereocenters. The van der Waals surface area contributed by atoms with Crippen LogP contribution in [-0.4, -0.2) is 15.1 Å². The Balaban J connectivity index is 2.34. The van der Waals surface area contributed by atoms with Crippen LogP contribution < -0.4 is 16.0 Å². The van der Waals surface area contributed by atoms with Crippen LogP contribution >= 0.6 is 0 Å². The molecule has 0 amide bonds. The van der Waals surface area contributed by atoms with Gasteiger partial charge in [-0.05, 0) is 17.7 Å². The second-order valence-electron chi connectivity index (χ2n) is 3.96. The maximum atomic E-state index is 12.7. The average Bonchev–Trinajstić information content (AvgIpc) is 2.46. The van der Waals surface area contributed by atoms with Crippen LogP contribution in [-0.2, 0) is 12.8 Å². The Hall–Kier alpha value is -2.39. The number of alkyl halides is 3. The van der Waals surface area contributed by atoms with Gasteiger partial charge in [0, 0.05) is 6.07 Å². The van der Waals surface area contributed by atoms with Gasteiger partial charge in [0.25, 0.3) is 0 Å². The summed E-state index contributed by atoms with van der Waals surface area (Å²) in [5.74, 6) is 3.39. The monoisotopic (exact) mass is 300 g/mol. The number of hydrazine groups is 1. The van der Waals surface area contributed by atoms with Crippen molar-refractivity contribution in [2.45, 2.75) is 12.8 Å². The molecule has 6 nitrogen and oxygen atoms in total. The molecule has 0 fully saturated rings. The number of anilines is 1. The van der Waals surface area contributed by atoms with Crippen LogP contribution in [0.2, 0.25) is 0 Å². The maximum Gasteiger partial charge on any atom is 0.451 e. The average molecular weight is 300 g/mol. The highest BCUT2D eigenvalue weighted by Crippen LogP contribution is 2.30. The SMILES string of the molecule is NNc1cc(Oc2cccc(CO)c2)nc(C(F)(F)F)n1. The van der Waals surface area contributed by atoms with Gasteiger partial charge in [0.2, 0.25) is 11.7 Å². The van der Waals surface area contributed by atoms with E-state index in [1.165, 1.54) is 12.1 Å². The van der Waals surface area contributed by atoms with Gasteiger partial charge in [-0.15, -0.1) is 0 Å². The summed E-state index contributed by atoms with van der Waals surface area (Å²) in [6, 6.07) is 7.35. The maximum absolute atomic E-state index is 12.7. The zero-order valence-electron chi connectivity index (χ0n) is 10.6. The van der Waals surface area contributed by atoms with Gasteiger partial charge in [0.15, 0.2) is 0 Å². The fourth-order valence-electron chi connectivity index (χ4n) is 1.51. The molecule has 0 saturated heterocycles. The first-order chi connectivity index (χ1) is 9.92. The molecule has 9 heteroatoms. The van der Waals surface area contributed by atoms with Crippen LogP contribution in [0.3, 0.4) is 0 Å². The third kappa shape index (κ3) is 3.80. The highest BCUT2D eigenvalue weighted by atomic mass is 19.4. The van der Waals surface area contributed by atoms with Crippen molar-refractivity contribution in [1.29, 1.82) is 0 Å². The van der Waals surface area contributed by atoms with E-state index in [-0.39, 0.29) is 24.1 Å². The number of aromatic nitrogens is 2. The van der Waals surface area contributed by atoms with E-state index in [1.807, 2.05) is 5.43 Å². The summed E-state index contributed by atoms with van der Waals surface area (Å²) in [6.45, 7) is -0.218. The van der Waals surface area contributed by atoms with Crippen LogP contribution in [0.4, 0.5) is 19.0 Å². The summed E-state index contributed by atoms with van der Waals surface area (Å²) in [4.78, 5) is 6.49. The van der Waals surface area contributed by atoms with Gasteiger partial charge in [-0.1, -0.05) is 12.1 Å². The number of nitrogens with two attached hydrogens (primary N) is 1. The van der Waals surface area contributed by atoms with Crippen molar-refractivity contribution in [3.05, 3.63) is 41.7 Å². The van der Waals surface area contributed by atoms with Gasteiger partial charge in [-0.2, -0.15) is 18.2 Å². The van der Waals surface area contributed by atoms with Gasteiger partial charge in [-0.3, -0.25) is 0 Å². The standard InChI is InChI=1S/C12H11F3N4O2/c13-12(14,15)11-17-9(19-16)5-10(18-11)21-8-3-1-2-7(4-8)6-20/h1-5,20H,6,16H2,(H,17,18,19). The number of ether oxygens (including phenoxy) is 1. The highest BCUT2D eigenvalue weighted by Gasteiger charge is 2.35. The first kappa shape index (κ1) is 15.0. The smallest absolute Gasteiger partial charge is 0.439 e. The molecule has 1 aromatic carbocycles. The Morgan fingerprint density at radius 2 is 2.00 bits per heavy atom. The van der Waals surface area contributed by atoms with Crippen LogP contribution in [0.15, 0.2) is 30.3 Å². The molecule has 21 heavy (non-hydrogen) atoms. The molecule has 0 radical (unpaired) electrons. The van der Waals surface area contributed by atoms with E-state index in [0.717, 1.165) is 6.07 Å². The Bertz CT molecular complexity index is 634. The van der Waals surface area contributed by atoms with E-state index in [0.29, 0.717) is 5.56 Å². The number of rotatable bonds is 4. The topological polar surface area (TPSA) is 93.3 Å². The van der Waals surface area contributed by atoms with Gasteiger partial charge < -0.3 is 15.3 Å². The zero-order valence-corrected chi connectivity index (χ0v) is 10.6. The lowest BCUT2D eigenvalue weighted by Gasteiger charge is -2.11. The van der Waals surface area contributed by atoms with Gasteiger partial charge in [0.05, 0.1) is 6.61 Å². The molecular formula is C12H11F3N4O2. The van der Waals surface area contributed by atoms with Crippen molar-refractivity contribution in [2.24, 2.45) is 5.84 Å². The number of aliphatic hydroxyl groups excluding tert-OH is 1. The third-order valence-corrected chi connectivity index (χ3v) is 2.41. The number of hydrogen-bond donors (Lipinski definition) is 3. The summed E-state index contributed by atoms with van der Waals surface area (Å²) in [5.41, 5.74) is 2.57. The number of halogens is 3. The largest absolute Gasteiger partial charge is 0.451 e. The zero-order chi connectivity index (χ0) is 15.5. The molecule has 0 saturated carbocycles. The minimum Gasteiger partial charge on any atom is -0.439 e. The predicted octanol–water partition coefficient (Wildman–Crippen LogP) is 2.07. The quantitative estimate of drug-likeness (QED) is 0.591. The first-order valence-corrected chi connectivity index (χ1v) is 5.73. The second kappa shape index (κ2) is 5.94. The summed E-state index contributed by atoms with van der Waals surface area (Å²) >= 11 is 0. The van der Waals surface area contributed by atoms with Gasteiger partial charge in [0.1, 0.15) is 11.6 Å². The summed E-state index contributed by atoms with van der Waals surface area (Å²) < 4.78 is 43.2. The number of nitrogen functional groups attached to an aromatic ring is 1. The molecule has 2 rings (SSSR count). The number of aliphatic hydroxyl groups is 1. The molecule has 0 bridgehead atoms. The molecule has 112 valence electrons. The summed E-state index contributed by atoms with van der Waals surface area (Å²) in [6.07, 6.45) is -4.72. The molecule has 0 aliphatic carbocycles. The Morgan fingerprint density at radius 3 is 2.62 bits per heavy atom. The minimum absolute atomic E-state index is 0.218. The summed E-state index contributed by atoms with van der Waals surface area (Å²) in [5, 5.41) is 9.00. The Kier molecular flexibility index (Phi) is 4.24. The van der Waals surface area contributed by atoms with Crippen LogP contribution in [0, 0.1) is 0 Å². The van der Waals surface area contributed by atoms with Crippen molar-refractivity contribution >= 4 is 5.82 Å². The lowest BCUT2D eigenvalue weighted by molar-refractivity contribution is -0.145. The molecule has 2 aromatic rings. The van der Waals surface area contributed by atoms with Crippen molar-refractivity contribution in [1.82, 2.24) is 9.97 Å². The minimum atomic E-state index is -4.72. The lowest BCUT2D eigenvalue weighted by Crippen LogP contribution is -2.16. The van der Waals surface area contributed by atoms with E-state index in [4.69, 9.17) is 15.7 Å². The number of nitrogens with zero attached hydrogens (tertiary/aromatic N) is 2. The molecule has 0 spiro atoms. The van der Waals surface area contributed by atoms with Crippen LogP contribution in [0.25, 0.3) is 0 Å². The van der Waals surface area contributed by atoms with E-state index in [1.54, 1.807) is 12.1 Å². The van der Waals surface area contributed by atoms with E-state index < -0.39 is 12.0 Å². The van der Waals surface area contributed by atoms with Crippen molar-refractivity contribution in [2.75, 3.05) is 5.43 Å². The normalized spacial score (nSPS) is 11.3. The lowest BCUT2D eigenvalue weighted by atomic mass is 10.2. The number of nitrogens with one attached hydrogen (secondary N) is 1. The van der Waals surface area contributed by atoms with Crippen molar-refractivity contribution < 1.29 is 23.0 Å². The first-order valence-electron chi connectivity index (χ1n) is 5.73. The predicted molar refractivity (Wildman–Crippen MR) is 67.3 cm³/mol. The molecule has 1 aromatic heterocycles. The van der Waals surface area contributed by atoms with Crippen LogP contribution in [0.5, 0.6) is 11.6 Å². The van der Waals surface area contributed by atoms with Crippen molar-refractivity contribution in [3.8, 4) is 11.6 Å². The highest BCUT2D eigenvalue weighted by molar-refractivity contribution is 5.39. The summed E-state index contributed by atoms with van der Waals surface area (Å²) in [7, 11) is 0. The second-order valence-corrected chi connectivity index (χ2v) is 3.96. The van der Waals surface area contributed by atoms with E-state index in [9.17, 15) is 13.2 Å². The number of hydrogen-bond acceptors (Lipinski definition) is 6. The fourth-order valence-corrected chi connectivity index (χ4v) is 1.51. The van der Waals surface area contributed by atoms with Crippen molar-refractivity contribution in [3.63, 3.8) is 0 Å². The third-order valence-electron chi connectivity index (χ3n) is 2.41. The van der Waals surface area contributed by atoms with E-state index >= 15 is 0 Å². The molecular weight excluding hydrogens is 289 g/mol. The van der Waals surface area contributed by atoms with E-state index in [2.05, 4.69) is 9.97 Å². The molecule has 0 aliphatic rings. The molecule has 4 N–H and O–H groups in total. The molecule has 0 atom stereocenters. The Morgan fingerprint density at radius 1 is 1.24 bits per heavy atom. The Labute approximate surface area is 117 Å². The van der Waals surface area contributed by atoms with Gasteiger partial charge >= 0.3 is 6.18 Å². The van der Waals surface area contributed by atoms with Gasteiger partial charge in [-0.25, -0.2) is 10.8 Å².